The van der Waals surface area contributed by atoms with Crippen LogP contribution >= 0.6 is 0 Å². The van der Waals surface area contributed by atoms with E-state index in [4.69, 9.17) is 0 Å². The molecule has 0 spiro atoms. The Morgan fingerprint density at radius 1 is 1.15 bits per heavy atom. The number of halogens is 1. The Balaban J connectivity index is 1.59. The Labute approximate surface area is 149 Å². The zero-order chi connectivity index (χ0) is 18.1. The maximum atomic E-state index is 13.1. The second-order valence-electron chi connectivity index (χ2n) is 6.20. The molecule has 4 aromatic rings. The molecule has 0 radical (unpaired) electrons. The highest BCUT2D eigenvalue weighted by atomic mass is 19.1. The molecule has 0 aliphatic carbocycles. The van der Waals surface area contributed by atoms with Crippen molar-refractivity contribution < 1.29 is 9.18 Å². The fourth-order valence-corrected chi connectivity index (χ4v) is 2.90. The van der Waals surface area contributed by atoms with Crippen molar-refractivity contribution >= 4 is 16.8 Å². The Morgan fingerprint density at radius 3 is 2.69 bits per heavy atom. The average Bonchev–Trinajstić information content (AvgIpc) is 3.29. The van der Waals surface area contributed by atoms with Crippen LogP contribution < -0.4 is 0 Å². The van der Waals surface area contributed by atoms with Gasteiger partial charge in [-0.25, -0.2) is 9.37 Å². The zero-order valence-electron chi connectivity index (χ0n) is 14.2. The molecular formula is C20H17FN4O. The van der Waals surface area contributed by atoms with Gasteiger partial charge in [-0.1, -0.05) is 6.92 Å². The van der Waals surface area contributed by atoms with Gasteiger partial charge in [0.1, 0.15) is 17.2 Å². The normalized spacial score (nSPS) is 11.2. The van der Waals surface area contributed by atoms with Crippen molar-refractivity contribution in [2.24, 2.45) is 0 Å². The van der Waals surface area contributed by atoms with Gasteiger partial charge in [0.15, 0.2) is 5.78 Å². The highest BCUT2D eigenvalue weighted by Crippen LogP contribution is 2.24. The van der Waals surface area contributed by atoms with E-state index in [1.807, 2.05) is 19.1 Å². The fourth-order valence-electron chi connectivity index (χ4n) is 2.90. The summed E-state index contributed by atoms with van der Waals surface area (Å²) in [7, 11) is 0. The molecule has 4 rings (SSSR count). The third kappa shape index (κ3) is 3.13. The summed E-state index contributed by atoms with van der Waals surface area (Å²) in [5.41, 5.74) is 4.68. The zero-order valence-corrected chi connectivity index (χ0v) is 14.2. The molecule has 5 nitrogen and oxygen atoms in total. The first kappa shape index (κ1) is 16.2. The van der Waals surface area contributed by atoms with Crippen LogP contribution in [0.1, 0.15) is 28.7 Å². The number of carbonyl (C=O) groups is 1. The molecule has 3 aromatic heterocycles. The molecule has 0 bridgehead atoms. The molecule has 0 aliphatic heterocycles. The molecule has 0 fully saturated rings. The minimum absolute atomic E-state index is 0.0450. The maximum Gasteiger partial charge on any atom is 0.187 e. The highest BCUT2D eigenvalue weighted by molar-refractivity contribution is 5.96. The second-order valence-corrected chi connectivity index (χ2v) is 6.20. The number of nitrogens with zero attached hydrogens (tertiary/aromatic N) is 2. The lowest BCUT2D eigenvalue weighted by Crippen LogP contribution is -2.04. The minimum Gasteiger partial charge on any atom is -0.339 e. The number of carbonyl (C=O) groups excluding carboxylic acids is 1. The first-order chi connectivity index (χ1) is 12.6. The van der Waals surface area contributed by atoms with Gasteiger partial charge >= 0.3 is 0 Å². The first-order valence-electron chi connectivity index (χ1n) is 8.43. The van der Waals surface area contributed by atoms with Crippen molar-refractivity contribution in [1.82, 2.24) is 20.2 Å². The molecule has 1 aromatic carbocycles. The smallest absolute Gasteiger partial charge is 0.187 e. The molecule has 0 unspecified atom stereocenters. The van der Waals surface area contributed by atoms with E-state index in [2.05, 4.69) is 20.2 Å². The van der Waals surface area contributed by atoms with Gasteiger partial charge in [0.05, 0.1) is 0 Å². The molecule has 2 N–H and O–H groups in total. The number of fused-ring (bicyclic) bond motifs is 1. The van der Waals surface area contributed by atoms with Gasteiger partial charge < -0.3 is 4.98 Å². The predicted molar refractivity (Wildman–Crippen MR) is 97.5 cm³/mol. The van der Waals surface area contributed by atoms with Gasteiger partial charge in [0.25, 0.3) is 0 Å². The lowest BCUT2D eigenvalue weighted by atomic mass is 10.1. The summed E-state index contributed by atoms with van der Waals surface area (Å²) in [5, 5.41) is 7.83. The van der Waals surface area contributed by atoms with Crippen molar-refractivity contribution in [3.63, 3.8) is 0 Å². The van der Waals surface area contributed by atoms with Gasteiger partial charge in [-0.05, 0) is 60.0 Å². The Morgan fingerprint density at radius 2 is 1.96 bits per heavy atom. The number of hydrogen-bond acceptors (Lipinski definition) is 3. The number of hydrogen-bond donors (Lipinski definition) is 2. The molecule has 26 heavy (non-hydrogen) atoms. The third-order valence-electron chi connectivity index (χ3n) is 4.34. The van der Waals surface area contributed by atoms with E-state index in [-0.39, 0.29) is 18.0 Å². The van der Waals surface area contributed by atoms with Crippen LogP contribution in [0.4, 0.5) is 4.39 Å². The molecule has 3 heterocycles. The van der Waals surface area contributed by atoms with E-state index in [9.17, 15) is 9.18 Å². The first-order valence-corrected chi connectivity index (χ1v) is 8.43. The lowest BCUT2D eigenvalue weighted by molar-refractivity contribution is 0.0988. The van der Waals surface area contributed by atoms with Gasteiger partial charge in [0.2, 0.25) is 0 Å². The molecule has 130 valence electrons. The van der Waals surface area contributed by atoms with E-state index < -0.39 is 0 Å². The van der Waals surface area contributed by atoms with E-state index in [1.165, 1.54) is 12.1 Å². The molecular weight excluding hydrogens is 331 g/mol. The maximum absolute atomic E-state index is 13.1. The largest absolute Gasteiger partial charge is 0.339 e. The predicted octanol–water partition coefficient (Wildman–Crippen LogP) is 4.08. The molecule has 6 heteroatoms. The monoisotopic (exact) mass is 348 g/mol. The van der Waals surface area contributed by atoms with Crippen LogP contribution in [0.25, 0.3) is 22.3 Å². The van der Waals surface area contributed by atoms with Crippen molar-refractivity contribution in [3.05, 3.63) is 71.4 Å². The van der Waals surface area contributed by atoms with Gasteiger partial charge in [-0.15, -0.1) is 0 Å². The van der Waals surface area contributed by atoms with E-state index in [0.717, 1.165) is 40.0 Å². The standard InChI is InChI=1S/C20H17FN4O/c1-2-16-10-18(25-24-16)19(26)8-12-7-14-9-17(23-20(14)22-11-12)13-3-5-15(21)6-4-13/h3-7,9-11H,2,8H2,1H3,(H,22,23)(H,24,25). The summed E-state index contributed by atoms with van der Waals surface area (Å²) in [6.45, 7) is 2.00. The van der Waals surface area contributed by atoms with Crippen LogP contribution in [-0.2, 0) is 12.8 Å². The Hall–Kier alpha value is -3.28. The summed E-state index contributed by atoms with van der Waals surface area (Å²) in [6.07, 6.45) is 2.75. The number of pyridine rings is 1. The summed E-state index contributed by atoms with van der Waals surface area (Å²) in [5.74, 6) is -0.315. The topological polar surface area (TPSA) is 74.4 Å². The number of H-pyrrole nitrogens is 2. The van der Waals surface area contributed by atoms with Crippen LogP contribution in [0.2, 0.25) is 0 Å². The van der Waals surface area contributed by atoms with E-state index in [0.29, 0.717) is 5.69 Å². The number of nitrogens with one attached hydrogen (secondary N) is 2. The van der Waals surface area contributed by atoms with E-state index >= 15 is 0 Å². The van der Waals surface area contributed by atoms with Gasteiger partial charge in [-0.2, -0.15) is 5.10 Å². The van der Waals surface area contributed by atoms with Crippen LogP contribution in [0.3, 0.4) is 0 Å². The minimum atomic E-state index is -0.270. The van der Waals surface area contributed by atoms with Crippen molar-refractivity contribution in [2.75, 3.05) is 0 Å². The molecule has 0 atom stereocenters. The number of rotatable bonds is 5. The molecule has 0 saturated heterocycles. The number of aryl methyl sites for hydroxylation is 1. The lowest BCUT2D eigenvalue weighted by Gasteiger charge is -1.98. The van der Waals surface area contributed by atoms with Crippen molar-refractivity contribution in [2.45, 2.75) is 19.8 Å². The highest BCUT2D eigenvalue weighted by Gasteiger charge is 2.12. The van der Waals surface area contributed by atoms with Crippen LogP contribution in [0.5, 0.6) is 0 Å². The summed E-state index contributed by atoms with van der Waals surface area (Å²) < 4.78 is 13.1. The number of Topliss-reactive ketones (excluding diaryl/α,β-unsaturated/α-hetero) is 1. The second kappa shape index (κ2) is 6.55. The molecule has 0 aliphatic rings. The van der Waals surface area contributed by atoms with Gasteiger partial charge in [-0.3, -0.25) is 9.89 Å². The number of aromatic amines is 2. The number of ketones is 1. The van der Waals surface area contributed by atoms with Crippen LogP contribution in [0.15, 0.2) is 48.7 Å². The SMILES string of the molecule is CCc1cc(C(=O)Cc2cnc3[nH]c(-c4ccc(F)cc4)cc3c2)n[nH]1. The summed E-state index contributed by atoms with van der Waals surface area (Å²) in [4.78, 5) is 20.0. The van der Waals surface area contributed by atoms with Crippen molar-refractivity contribution in [1.29, 1.82) is 0 Å². The molecule has 0 amide bonds. The summed E-state index contributed by atoms with van der Waals surface area (Å²) >= 11 is 0. The third-order valence-corrected chi connectivity index (χ3v) is 4.34. The average molecular weight is 348 g/mol. The quantitative estimate of drug-likeness (QED) is 0.534. The fraction of sp³-hybridized carbons (Fsp3) is 0.150. The van der Waals surface area contributed by atoms with Crippen LogP contribution in [0, 0.1) is 5.82 Å². The van der Waals surface area contributed by atoms with Crippen molar-refractivity contribution in [3.8, 4) is 11.3 Å². The Kier molecular flexibility index (Phi) is 4.08. The van der Waals surface area contributed by atoms with E-state index in [1.54, 1.807) is 24.4 Å². The molecule has 0 saturated carbocycles. The Bertz CT molecular complexity index is 1080. The number of aromatic nitrogens is 4. The number of benzene rings is 1. The summed E-state index contributed by atoms with van der Waals surface area (Å²) in [6, 6.07) is 12.0. The van der Waals surface area contributed by atoms with Gasteiger partial charge in [0, 0.05) is 29.4 Å². The van der Waals surface area contributed by atoms with Crippen LogP contribution in [-0.4, -0.2) is 25.9 Å².